The quantitative estimate of drug-likeness (QED) is 0.853. The highest BCUT2D eigenvalue weighted by Gasteiger charge is 2.34. The van der Waals surface area contributed by atoms with Gasteiger partial charge in [-0.05, 0) is 31.4 Å². The van der Waals surface area contributed by atoms with Crippen molar-refractivity contribution in [2.24, 2.45) is 5.92 Å². The lowest BCUT2D eigenvalue weighted by Gasteiger charge is -2.21. The maximum Gasteiger partial charge on any atom is 0.226 e. The van der Waals surface area contributed by atoms with Gasteiger partial charge >= 0.3 is 0 Å². The lowest BCUT2D eigenvalue weighted by Crippen LogP contribution is -2.33. The van der Waals surface area contributed by atoms with Crippen molar-refractivity contribution >= 4 is 15.7 Å². The molecule has 0 aromatic heterocycles. The molecule has 110 valence electrons. The molecule has 1 aromatic carbocycles. The van der Waals surface area contributed by atoms with Crippen LogP contribution in [0.4, 0.5) is 0 Å². The molecule has 0 N–H and O–H groups in total. The van der Waals surface area contributed by atoms with Crippen molar-refractivity contribution in [1.29, 1.82) is 0 Å². The molecule has 4 nitrogen and oxygen atoms in total. The summed E-state index contributed by atoms with van der Waals surface area (Å²) in [6.45, 7) is 4.59. The summed E-state index contributed by atoms with van der Waals surface area (Å²) >= 11 is 0. The predicted octanol–water partition coefficient (Wildman–Crippen LogP) is 1.70. The molecule has 1 atom stereocenters. The Morgan fingerprint density at radius 2 is 2.05 bits per heavy atom. The van der Waals surface area contributed by atoms with Crippen LogP contribution >= 0.6 is 0 Å². The van der Waals surface area contributed by atoms with Crippen LogP contribution in [0.5, 0.6) is 0 Å². The molecule has 1 aliphatic rings. The van der Waals surface area contributed by atoms with E-state index in [1.807, 2.05) is 26.0 Å². The summed E-state index contributed by atoms with van der Waals surface area (Å²) in [5.74, 6) is -0.286. The Morgan fingerprint density at radius 1 is 1.35 bits per heavy atom. The second-order valence-electron chi connectivity index (χ2n) is 5.72. The second-order valence-corrected chi connectivity index (χ2v) is 7.95. The minimum absolute atomic E-state index is 0.00303. The normalized spacial score (nSPS) is 20.9. The SMILES string of the molecule is Cc1ccc(CN(C)C(=O)C2CCS(=O)(=O)C2)c(C)c1. The van der Waals surface area contributed by atoms with Gasteiger partial charge in [-0.25, -0.2) is 8.42 Å². The molecule has 0 aliphatic carbocycles. The number of carbonyl (C=O) groups is 1. The maximum absolute atomic E-state index is 12.3. The first-order chi connectivity index (χ1) is 9.28. The van der Waals surface area contributed by atoms with Crippen LogP contribution in [-0.4, -0.2) is 37.8 Å². The number of sulfone groups is 1. The van der Waals surface area contributed by atoms with Crippen molar-refractivity contribution in [3.8, 4) is 0 Å². The van der Waals surface area contributed by atoms with Crippen LogP contribution in [0.1, 0.15) is 23.1 Å². The molecule has 1 heterocycles. The number of rotatable bonds is 3. The topological polar surface area (TPSA) is 54.5 Å². The number of amides is 1. The van der Waals surface area contributed by atoms with E-state index in [1.165, 1.54) is 5.56 Å². The minimum Gasteiger partial charge on any atom is -0.341 e. The van der Waals surface area contributed by atoms with E-state index in [-0.39, 0.29) is 23.3 Å². The van der Waals surface area contributed by atoms with Gasteiger partial charge in [0.2, 0.25) is 5.91 Å². The predicted molar refractivity (Wildman–Crippen MR) is 79.2 cm³/mol. The number of benzene rings is 1. The molecular weight excluding hydrogens is 274 g/mol. The summed E-state index contributed by atoms with van der Waals surface area (Å²) in [6.07, 6.45) is 0.457. The van der Waals surface area contributed by atoms with Gasteiger partial charge in [0.1, 0.15) is 0 Å². The Balaban J connectivity index is 2.05. The average Bonchev–Trinajstić information content (AvgIpc) is 2.72. The zero-order chi connectivity index (χ0) is 14.9. The molecule has 0 saturated carbocycles. The summed E-state index contributed by atoms with van der Waals surface area (Å²) in [6, 6.07) is 6.15. The highest BCUT2D eigenvalue weighted by Crippen LogP contribution is 2.21. The monoisotopic (exact) mass is 295 g/mol. The van der Waals surface area contributed by atoms with Crippen LogP contribution in [-0.2, 0) is 21.2 Å². The van der Waals surface area contributed by atoms with E-state index in [9.17, 15) is 13.2 Å². The third-order valence-electron chi connectivity index (χ3n) is 3.86. The van der Waals surface area contributed by atoms with Crippen LogP contribution in [0.2, 0.25) is 0 Å². The van der Waals surface area contributed by atoms with Crippen molar-refractivity contribution in [2.75, 3.05) is 18.6 Å². The fourth-order valence-corrected chi connectivity index (χ4v) is 4.39. The third-order valence-corrected chi connectivity index (χ3v) is 5.63. The largest absolute Gasteiger partial charge is 0.341 e. The van der Waals surface area contributed by atoms with Gasteiger partial charge < -0.3 is 4.90 Å². The minimum atomic E-state index is -3.01. The van der Waals surface area contributed by atoms with E-state index >= 15 is 0 Å². The number of hydrogen-bond donors (Lipinski definition) is 0. The molecule has 1 aliphatic heterocycles. The van der Waals surface area contributed by atoms with E-state index in [1.54, 1.807) is 11.9 Å². The molecular formula is C15H21NO3S. The van der Waals surface area contributed by atoms with E-state index in [2.05, 4.69) is 6.07 Å². The fourth-order valence-electron chi connectivity index (χ4n) is 2.66. The summed E-state index contributed by atoms with van der Waals surface area (Å²) in [5, 5.41) is 0. The Hall–Kier alpha value is -1.36. The summed E-state index contributed by atoms with van der Waals surface area (Å²) in [5.41, 5.74) is 3.46. The zero-order valence-corrected chi connectivity index (χ0v) is 13.0. The van der Waals surface area contributed by atoms with Gasteiger partial charge in [0.05, 0.1) is 17.4 Å². The van der Waals surface area contributed by atoms with E-state index < -0.39 is 9.84 Å². The van der Waals surface area contributed by atoms with Gasteiger partial charge in [0.25, 0.3) is 0 Å². The molecule has 0 radical (unpaired) electrons. The summed E-state index contributed by atoms with van der Waals surface area (Å²) in [7, 11) is -1.27. The van der Waals surface area contributed by atoms with Gasteiger partial charge in [-0.2, -0.15) is 0 Å². The Bertz CT molecular complexity index is 622. The molecule has 20 heavy (non-hydrogen) atoms. The van der Waals surface area contributed by atoms with Crippen LogP contribution in [0.3, 0.4) is 0 Å². The zero-order valence-electron chi connectivity index (χ0n) is 12.2. The molecule has 0 bridgehead atoms. The lowest BCUT2D eigenvalue weighted by atomic mass is 10.0. The number of aryl methyl sites for hydroxylation is 2. The summed E-state index contributed by atoms with van der Waals surface area (Å²) < 4.78 is 22.9. The molecule has 1 aromatic rings. The summed E-state index contributed by atoms with van der Waals surface area (Å²) in [4.78, 5) is 13.9. The lowest BCUT2D eigenvalue weighted by molar-refractivity contribution is -0.133. The van der Waals surface area contributed by atoms with Crippen molar-refractivity contribution in [2.45, 2.75) is 26.8 Å². The highest BCUT2D eigenvalue weighted by atomic mass is 32.2. The van der Waals surface area contributed by atoms with Crippen LogP contribution in [0, 0.1) is 19.8 Å². The first kappa shape index (κ1) is 15.0. The van der Waals surface area contributed by atoms with Crippen molar-refractivity contribution < 1.29 is 13.2 Å². The standard InChI is InChI=1S/C15H21NO3S/c1-11-4-5-13(12(2)8-11)9-16(3)15(17)14-6-7-20(18,19)10-14/h4-5,8,14H,6-7,9-10H2,1-3H3. The third kappa shape index (κ3) is 3.39. The van der Waals surface area contributed by atoms with Gasteiger partial charge in [-0.15, -0.1) is 0 Å². The van der Waals surface area contributed by atoms with Crippen molar-refractivity contribution in [3.05, 3.63) is 34.9 Å². The Kier molecular flexibility index (Phi) is 4.18. The van der Waals surface area contributed by atoms with Crippen molar-refractivity contribution in [3.63, 3.8) is 0 Å². The van der Waals surface area contributed by atoms with Gasteiger partial charge in [-0.3, -0.25) is 4.79 Å². The van der Waals surface area contributed by atoms with Crippen molar-refractivity contribution in [1.82, 2.24) is 4.90 Å². The molecule has 1 fully saturated rings. The highest BCUT2D eigenvalue weighted by molar-refractivity contribution is 7.91. The molecule has 1 unspecified atom stereocenters. The molecule has 5 heteroatoms. The van der Waals surface area contributed by atoms with Crippen LogP contribution in [0.25, 0.3) is 0 Å². The second kappa shape index (κ2) is 5.56. The van der Waals surface area contributed by atoms with Gasteiger partial charge in [0.15, 0.2) is 9.84 Å². The Labute approximate surface area is 120 Å². The number of carbonyl (C=O) groups excluding carboxylic acids is 1. The molecule has 0 spiro atoms. The van der Waals surface area contributed by atoms with Crippen LogP contribution < -0.4 is 0 Å². The molecule has 1 saturated heterocycles. The number of hydrogen-bond acceptors (Lipinski definition) is 3. The fraction of sp³-hybridized carbons (Fsp3) is 0.533. The van der Waals surface area contributed by atoms with E-state index in [0.29, 0.717) is 13.0 Å². The number of nitrogens with zero attached hydrogens (tertiary/aromatic N) is 1. The van der Waals surface area contributed by atoms with Crippen LogP contribution in [0.15, 0.2) is 18.2 Å². The maximum atomic E-state index is 12.3. The average molecular weight is 295 g/mol. The van der Waals surface area contributed by atoms with Gasteiger partial charge in [0, 0.05) is 13.6 Å². The smallest absolute Gasteiger partial charge is 0.226 e. The first-order valence-electron chi connectivity index (χ1n) is 6.80. The Morgan fingerprint density at radius 3 is 2.60 bits per heavy atom. The van der Waals surface area contributed by atoms with E-state index in [0.717, 1.165) is 11.1 Å². The first-order valence-corrected chi connectivity index (χ1v) is 8.62. The molecule has 2 rings (SSSR count). The van der Waals surface area contributed by atoms with E-state index in [4.69, 9.17) is 0 Å². The molecule has 1 amide bonds. The van der Waals surface area contributed by atoms with Gasteiger partial charge in [-0.1, -0.05) is 23.8 Å².